The summed E-state index contributed by atoms with van der Waals surface area (Å²) in [5.74, 6) is 1.41. The zero-order valence-corrected chi connectivity index (χ0v) is 17.1. The summed E-state index contributed by atoms with van der Waals surface area (Å²) in [6, 6.07) is 11.1. The van der Waals surface area contributed by atoms with Crippen LogP contribution in [0.4, 0.5) is 5.82 Å². The molecule has 0 aliphatic rings. The first-order chi connectivity index (χ1) is 13.6. The molecule has 0 aliphatic carbocycles. The highest BCUT2D eigenvalue weighted by molar-refractivity contribution is 7.23. The number of methoxy groups -OCH3 is 2. The quantitative estimate of drug-likeness (QED) is 0.413. The number of hydrogen-bond acceptors (Lipinski definition) is 6. The summed E-state index contributed by atoms with van der Waals surface area (Å²) in [6.45, 7) is 1.42. The van der Waals surface area contributed by atoms with Gasteiger partial charge in [0, 0.05) is 30.8 Å². The number of hydrogen-bond donors (Lipinski definition) is 2. The number of ether oxygens (including phenoxy) is 2. The Labute approximate surface area is 171 Å². The Morgan fingerprint density at radius 2 is 2.07 bits per heavy atom. The van der Waals surface area contributed by atoms with Gasteiger partial charge in [0.15, 0.2) is 16.5 Å². The molecule has 0 amide bonds. The van der Waals surface area contributed by atoms with Crippen molar-refractivity contribution in [3.05, 3.63) is 41.4 Å². The Kier molecular flexibility index (Phi) is 5.30. The molecule has 28 heavy (non-hydrogen) atoms. The molecule has 6 nitrogen and oxygen atoms in total. The number of rotatable bonds is 7. The lowest BCUT2D eigenvalue weighted by atomic mass is 10.1. The van der Waals surface area contributed by atoms with Gasteiger partial charge in [0.1, 0.15) is 11.5 Å². The standard InChI is InChI=1S/C20H20ClN3O3S/c1-26-9-3-8-22-19-18(12-4-7-15(25)16(10-12)27-2)23-20-24(19)14-6-5-13(21)11-17(14)28-20/h4-7,10-11,22,25H,3,8-9H2,1-2H3. The highest BCUT2D eigenvalue weighted by Gasteiger charge is 2.19. The van der Waals surface area contributed by atoms with Gasteiger partial charge in [-0.15, -0.1) is 0 Å². The second kappa shape index (κ2) is 7.87. The number of phenols is 1. The molecule has 0 saturated heterocycles. The van der Waals surface area contributed by atoms with Gasteiger partial charge < -0.3 is 19.9 Å². The third kappa shape index (κ3) is 3.37. The van der Waals surface area contributed by atoms with Crippen molar-refractivity contribution in [2.45, 2.75) is 6.42 Å². The van der Waals surface area contributed by atoms with E-state index in [-0.39, 0.29) is 5.75 Å². The first kappa shape index (κ1) is 18.9. The van der Waals surface area contributed by atoms with Crippen LogP contribution in [0.15, 0.2) is 36.4 Å². The summed E-state index contributed by atoms with van der Waals surface area (Å²) in [4.78, 5) is 5.73. The second-order valence-corrected chi connectivity index (χ2v) is 7.75. The van der Waals surface area contributed by atoms with Gasteiger partial charge in [0.05, 0.1) is 17.3 Å². The number of anilines is 1. The highest BCUT2D eigenvalue weighted by atomic mass is 35.5. The van der Waals surface area contributed by atoms with Crippen LogP contribution in [0.2, 0.25) is 5.02 Å². The van der Waals surface area contributed by atoms with Gasteiger partial charge >= 0.3 is 0 Å². The molecule has 2 aromatic carbocycles. The number of thiazole rings is 1. The maximum Gasteiger partial charge on any atom is 0.197 e. The molecule has 0 aliphatic heterocycles. The SMILES string of the molecule is COCCCNc1c(-c2ccc(O)c(OC)c2)nc2sc3cc(Cl)ccc3n12. The van der Waals surface area contributed by atoms with Crippen LogP contribution in [0.3, 0.4) is 0 Å². The van der Waals surface area contributed by atoms with Crippen molar-refractivity contribution in [3.63, 3.8) is 0 Å². The summed E-state index contributed by atoms with van der Waals surface area (Å²) in [6.07, 6.45) is 0.871. The average molecular weight is 418 g/mol. The number of halogens is 1. The number of nitrogens with one attached hydrogen (secondary N) is 1. The summed E-state index contributed by atoms with van der Waals surface area (Å²) < 4.78 is 13.6. The highest BCUT2D eigenvalue weighted by Crippen LogP contribution is 2.39. The van der Waals surface area contributed by atoms with Crippen LogP contribution in [0.5, 0.6) is 11.5 Å². The van der Waals surface area contributed by atoms with Crippen LogP contribution in [0.25, 0.3) is 26.4 Å². The van der Waals surface area contributed by atoms with E-state index in [0.717, 1.165) is 45.2 Å². The fourth-order valence-corrected chi connectivity index (χ4v) is 4.46. The van der Waals surface area contributed by atoms with Gasteiger partial charge in [-0.3, -0.25) is 4.40 Å². The van der Waals surface area contributed by atoms with Gasteiger partial charge in [-0.1, -0.05) is 22.9 Å². The molecule has 8 heteroatoms. The summed E-state index contributed by atoms with van der Waals surface area (Å²) >= 11 is 7.74. The van der Waals surface area contributed by atoms with E-state index in [9.17, 15) is 5.11 Å². The Morgan fingerprint density at radius 1 is 1.21 bits per heavy atom. The third-order valence-electron chi connectivity index (χ3n) is 4.48. The monoisotopic (exact) mass is 417 g/mol. The van der Waals surface area contributed by atoms with Gasteiger partial charge in [-0.05, 0) is 42.8 Å². The average Bonchev–Trinajstić information content (AvgIpc) is 3.21. The summed E-state index contributed by atoms with van der Waals surface area (Å²) in [7, 11) is 3.23. The van der Waals surface area contributed by atoms with E-state index in [2.05, 4.69) is 9.72 Å². The fraction of sp³-hybridized carbons (Fsp3) is 0.250. The van der Waals surface area contributed by atoms with E-state index >= 15 is 0 Å². The maximum atomic E-state index is 9.93. The molecule has 0 fully saturated rings. The third-order valence-corrected chi connectivity index (χ3v) is 5.72. The predicted octanol–water partition coefficient (Wildman–Crippen LogP) is 5.03. The molecule has 0 atom stereocenters. The van der Waals surface area contributed by atoms with Crippen LogP contribution < -0.4 is 10.1 Å². The molecule has 2 aromatic heterocycles. The first-order valence-corrected chi connectivity index (χ1v) is 10.0. The molecule has 0 unspecified atom stereocenters. The minimum atomic E-state index is 0.0990. The molecule has 4 rings (SSSR count). The van der Waals surface area contributed by atoms with Gasteiger partial charge in [0.2, 0.25) is 0 Å². The lowest BCUT2D eigenvalue weighted by molar-refractivity contribution is 0.198. The zero-order chi connectivity index (χ0) is 19.7. The van der Waals surface area contributed by atoms with Gasteiger partial charge in [0.25, 0.3) is 0 Å². The molecule has 0 bridgehead atoms. The number of benzene rings is 2. The van der Waals surface area contributed by atoms with Crippen molar-refractivity contribution in [2.24, 2.45) is 0 Å². The van der Waals surface area contributed by atoms with Crippen LogP contribution in [-0.4, -0.2) is 41.9 Å². The van der Waals surface area contributed by atoms with E-state index in [1.165, 1.54) is 7.11 Å². The lowest BCUT2D eigenvalue weighted by Gasteiger charge is -2.10. The molecule has 146 valence electrons. The minimum Gasteiger partial charge on any atom is -0.504 e. The van der Waals surface area contributed by atoms with Crippen molar-refractivity contribution in [1.29, 1.82) is 0 Å². The van der Waals surface area contributed by atoms with Crippen molar-refractivity contribution in [3.8, 4) is 22.8 Å². The minimum absolute atomic E-state index is 0.0990. The van der Waals surface area contributed by atoms with Crippen molar-refractivity contribution in [2.75, 3.05) is 32.7 Å². The molecule has 0 saturated carbocycles. The molecule has 4 aromatic rings. The Bertz CT molecular complexity index is 1140. The van der Waals surface area contributed by atoms with E-state index < -0.39 is 0 Å². The fourth-order valence-electron chi connectivity index (χ4n) is 3.16. The van der Waals surface area contributed by atoms with Crippen molar-refractivity contribution < 1.29 is 14.6 Å². The van der Waals surface area contributed by atoms with Crippen molar-refractivity contribution in [1.82, 2.24) is 9.38 Å². The van der Waals surface area contributed by atoms with E-state index in [0.29, 0.717) is 17.4 Å². The van der Waals surface area contributed by atoms with Crippen LogP contribution in [0.1, 0.15) is 6.42 Å². The summed E-state index contributed by atoms with van der Waals surface area (Å²) in [5.41, 5.74) is 2.71. The molecule has 0 radical (unpaired) electrons. The number of aromatic nitrogens is 2. The van der Waals surface area contributed by atoms with Crippen LogP contribution in [-0.2, 0) is 4.74 Å². The zero-order valence-electron chi connectivity index (χ0n) is 15.5. The molecule has 2 N–H and O–H groups in total. The summed E-state index contributed by atoms with van der Waals surface area (Å²) in [5, 5.41) is 14.1. The Morgan fingerprint density at radius 3 is 2.86 bits per heavy atom. The van der Waals surface area contributed by atoms with E-state index in [1.54, 1.807) is 30.6 Å². The largest absolute Gasteiger partial charge is 0.504 e. The number of nitrogens with zero attached hydrogens (tertiary/aromatic N) is 2. The molecular weight excluding hydrogens is 398 g/mol. The first-order valence-electron chi connectivity index (χ1n) is 8.83. The van der Waals surface area contributed by atoms with Gasteiger partial charge in [-0.25, -0.2) is 4.98 Å². The molecule has 2 heterocycles. The number of aromatic hydroxyl groups is 1. The van der Waals surface area contributed by atoms with E-state index in [4.69, 9.17) is 26.1 Å². The van der Waals surface area contributed by atoms with Crippen LogP contribution in [0, 0.1) is 0 Å². The molecular formula is C20H20ClN3O3S. The lowest BCUT2D eigenvalue weighted by Crippen LogP contribution is -2.07. The number of phenolic OH excluding ortho intramolecular Hbond substituents is 1. The van der Waals surface area contributed by atoms with E-state index in [1.807, 2.05) is 24.3 Å². The normalized spacial score (nSPS) is 11.4. The maximum absolute atomic E-state index is 9.93. The predicted molar refractivity (Wildman–Crippen MR) is 114 cm³/mol. The van der Waals surface area contributed by atoms with Crippen molar-refractivity contribution >= 4 is 43.9 Å². The molecule has 0 spiro atoms. The number of fused-ring (bicyclic) bond motifs is 3. The number of imidazole rings is 1. The van der Waals surface area contributed by atoms with Crippen LogP contribution >= 0.6 is 22.9 Å². The second-order valence-electron chi connectivity index (χ2n) is 6.30. The smallest absolute Gasteiger partial charge is 0.197 e. The Hall–Kier alpha value is -2.48. The topological polar surface area (TPSA) is 68.0 Å². The Balaban J connectivity index is 1.87. The van der Waals surface area contributed by atoms with Gasteiger partial charge in [-0.2, -0.15) is 0 Å².